The molecule has 4 rings (SSSR count). The number of aryl methyl sites for hydroxylation is 1. The average Bonchev–Trinajstić information content (AvgIpc) is 3.17. The monoisotopic (exact) mass is 304 g/mol. The zero-order valence-electron chi connectivity index (χ0n) is 12.9. The third-order valence-electron chi connectivity index (χ3n) is 5.90. The van der Waals surface area contributed by atoms with Gasteiger partial charge < -0.3 is 10.6 Å². The van der Waals surface area contributed by atoms with Gasteiger partial charge in [-0.25, -0.2) is 0 Å². The molecule has 3 heteroatoms. The highest BCUT2D eigenvalue weighted by Crippen LogP contribution is 2.37. The summed E-state index contributed by atoms with van der Waals surface area (Å²) in [7, 11) is 0. The molecule has 0 bridgehead atoms. The van der Waals surface area contributed by atoms with Gasteiger partial charge in [0.1, 0.15) is 0 Å². The van der Waals surface area contributed by atoms with E-state index in [1.54, 1.807) is 10.4 Å². The van der Waals surface area contributed by atoms with Crippen LogP contribution in [0.1, 0.15) is 67.8 Å². The lowest BCUT2D eigenvalue weighted by atomic mass is 9.86. The summed E-state index contributed by atoms with van der Waals surface area (Å²) in [4.78, 5) is 1.64. The molecule has 0 aromatic carbocycles. The van der Waals surface area contributed by atoms with Crippen LogP contribution in [0.5, 0.6) is 0 Å². The van der Waals surface area contributed by atoms with Gasteiger partial charge in [-0.15, -0.1) is 11.3 Å². The van der Waals surface area contributed by atoms with Crippen molar-refractivity contribution in [3.05, 3.63) is 21.9 Å². The van der Waals surface area contributed by atoms with Crippen molar-refractivity contribution in [3.63, 3.8) is 0 Å². The maximum absolute atomic E-state index is 4.07. The molecule has 2 aliphatic carbocycles. The molecule has 1 saturated heterocycles. The minimum Gasteiger partial charge on any atom is -0.314 e. The van der Waals surface area contributed by atoms with Crippen molar-refractivity contribution in [2.24, 2.45) is 5.92 Å². The molecule has 2 N–H and O–H groups in total. The van der Waals surface area contributed by atoms with Crippen LogP contribution in [0.4, 0.5) is 0 Å². The molecule has 1 aromatic heterocycles. The number of piperidine rings is 1. The van der Waals surface area contributed by atoms with Crippen molar-refractivity contribution in [3.8, 4) is 0 Å². The summed E-state index contributed by atoms with van der Waals surface area (Å²) < 4.78 is 0. The molecule has 2 heterocycles. The first-order valence-electron chi connectivity index (χ1n) is 8.97. The number of hydrogen-bond acceptors (Lipinski definition) is 3. The highest BCUT2D eigenvalue weighted by atomic mass is 32.1. The minimum absolute atomic E-state index is 0.634. The van der Waals surface area contributed by atoms with E-state index in [0.29, 0.717) is 6.04 Å². The fraction of sp³-hybridized carbons (Fsp3) is 0.778. The Morgan fingerprint density at radius 3 is 2.95 bits per heavy atom. The summed E-state index contributed by atoms with van der Waals surface area (Å²) in [6.07, 6.45) is 12.5. The van der Waals surface area contributed by atoms with Crippen LogP contribution < -0.4 is 10.6 Å². The quantitative estimate of drug-likeness (QED) is 0.881. The Morgan fingerprint density at radius 2 is 2.05 bits per heavy atom. The van der Waals surface area contributed by atoms with Gasteiger partial charge in [0.15, 0.2) is 0 Å². The van der Waals surface area contributed by atoms with Crippen LogP contribution in [0.25, 0.3) is 0 Å². The number of thiophene rings is 1. The predicted octanol–water partition coefficient (Wildman–Crippen LogP) is 4.03. The lowest BCUT2D eigenvalue weighted by molar-refractivity contribution is 0.241. The van der Waals surface area contributed by atoms with Crippen LogP contribution >= 0.6 is 11.3 Å². The summed E-state index contributed by atoms with van der Waals surface area (Å²) in [6, 6.07) is 4.54. The second kappa shape index (κ2) is 6.39. The molecule has 0 radical (unpaired) electrons. The fourth-order valence-electron chi connectivity index (χ4n) is 4.84. The first kappa shape index (κ1) is 14.2. The van der Waals surface area contributed by atoms with E-state index in [9.17, 15) is 0 Å². The van der Waals surface area contributed by atoms with Gasteiger partial charge in [-0.05, 0) is 74.4 Å². The molecule has 21 heavy (non-hydrogen) atoms. The number of rotatable bonds is 3. The summed E-state index contributed by atoms with van der Waals surface area (Å²) in [6.45, 7) is 1.24. The summed E-state index contributed by atoms with van der Waals surface area (Å²) in [5.41, 5.74) is 1.62. The average molecular weight is 305 g/mol. The standard InChI is InChI=1S/C18H28N2S/c1-2-11-19-15(6-1)13-5-3-7-16(13)20-17-8-4-9-18-14(17)10-12-21-18/h10,12-13,15-17,19-20H,1-9,11H2. The first-order chi connectivity index (χ1) is 10.4. The van der Waals surface area contributed by atoms with E-state index in [1.165, 1.54) is 64.3 Å². The molecule has 1 aromatic rings. The SMILES string of the molecule is c1cc2c(s1)CCCC2NC1CCCC1C1CCCCN1. The van der Waals surface area contributed by atoms with E-state index in [2.05, 4.69) is 22.1 Å². The Morgan fingerprint density at radius 1 is 1.05 bits per heavy atom. The highest BCUT2D eigenvalue weighted by Gasteiger charge is 2.36. The zero-order chi connectivity index (χ0) is 14.1. The third-order valence-corrected chi connectivity index (χ3v) is 6.90. The van der Waals surface area contributed by atoms with E-state index in [1.807, 2.05) is 11.3 Å². The van der Waals surface area contributed by atoms with E-state index >= 15 is 0 Å². The smallest absolute Gasteiger partial charge is 0.0333 e. The summed E-state index contributed by atoms with van der Waals surface area (Å²) in [5.74, 6) is 0.870. The normalized spacial score (nSPS) is 36.6. The Kier molecular flexibility index (Phi) is 4.33. The molecule has 0 spiro atoms. The number of hydrogen-bond donors (Lipinski definition) is 2. The van der Waals surface area contributed by atoms with Crippen molar-refractivity contribution < 1.29 is 0 Å². The van der Waals surface area contributed by atoms with Gasteiger partial charge in [-0.1, -0.05) is 12.8 Å². The first-order valence-corrected chi connectivity index (χ1v) is 9.85. The maximum Gasteiger partial charge on any atom is 0.0333 e. The Labute approximate surface area is 132 Å². The zero-order valence-corrected chi connectivity index (χ0v) is 13.8. The Hall–Kier alpha value is -0.380. The highest BCUT2D eigenvalue weighted by molar-refractivity contribution is 7.10. The van der Waals surface area contributed by atoms with E-state index < -0.39 is 0 Å². The fourth-order valence-corrected chi connectivity index (χ4v) is 5.83. The largest absolute Gasteiger partial charge is 0.314 e. The molecule has 4 unspecified atom stereocenters. The molecule has 3 aliphatic rings. The van der Waals surface area contributed by atoms with Crippen LogP contribution in [0.3, 0.4) is 0 Å². The lowest BCUT2D eigenvalue weighted by Crippen LogP contribution is -2.47. The van der Waals surface area contributed by atoms with Gasteiger partial charge in [-0.2, -0.15) is 0 Å². The molecule has 1 saturated carbocycles. The summed E-state index contributed by atoms with van der Waals surface area (Å²) in [5, 5.41) is 10.2. The molecule has 116 valence electrons. The third kappa shape index (κ3) is 2.93. The van der Waals surface area contributed by atoms with Crippen LogP contribution in [-0.4, -0.2) is 18.6 Å². The maximum atomic E-state index is 4.07. The summed E-state index contributed by atoms with van der Waals surface area (Å²) >= 11 is 1.96. The van der Waals surface area contributed by atoms with E-state index in [0.717, 1.165) is 18.0 Å². The number of nitrogens with one attached hydrogen (secondary N) is 2. The van der Waals surface area contributed by atoms with Gasteiger partial charge in [0.2, 0.25) is 0 Å². The van der Waals surface area contributed by atoms with Gasteiger partial charge >= 0.3 is 0 Å². The van der Waals surface area contributed by atoms with Crippen molar-refractivity contribution in [1.29, 1.82) is 0 Å². The second-order valence-electron chi connectivity index (χ2n) is 7.17. The van der Waals surface area contributed by atoms with Crippen molar-refractivity contribution in [2.75, 3.05) is 6.54 Å². The van der Waals surface area contributed by atoms with Gasteiger partial charge in [0.05, 0.1) is 0 Å². The van der Waals surface area contributed by atoms with Crippen molar-refractivity contribution >= 4 is 11.3 Å². The van der Waals surface area contributed by atoms with Gasteiger partial charge in [0.25, 0.3) is 0 Å². The molecular weight excluding hydrogens is 276 g/mol. The van der Waals surface area contributed by atoms with E-state index in [4.69, 9.17) is 0 Å². The minimum atomic E-state index is 0.634. The van der Waals surface area contributed by atoms with E-state index in [-0.39, 0.29) is 0 Å². The molecule has 0 amide bonds. The van der Waals surface area contributed by atoms with Crippen LogP contribution in [0.15, 0.2) is 11.4 Å². The van der Waals surface area contributed by atoms with Crippen LogP contribution in [0.2, 0.25) is 0 Å². The lowest BCUT2D eigenvalue weighted by Gasteiger charge is -2.36. The molecule has 2 nitrogen and oxygen atoms in total. The molecule has 2 fully saturated rings. The van der Waals surface area contributed by atoms with Crippen LogP contribution in [-0.2, 0) is 6.42 Å². The topological polar surface area (TPSA) is 24.1 Å². The van der Waals surface area contributed by atoms with Crippen LogP contribution in [0, 0.1) is 5.92 Å². The number of fused-ring (bicyclic) bond motifs is 1. The Balaban J connectivity index is 1.44. The Bertz CT molecular complexity index is 464. The van der Waals surface area contributed by atoms with Gasteiger partial charge in [0, 0.05) is 23.0 Å². The second-order valence-corrected chi connectivity index (χ2v) is 8.17. The molecule has 4 atom stereocenters. The van der Waals surface area contributed by atoms with Crippen molar-refractivity contribution in [2.45, 2.75) is 75.9 Å². The van der Waals surface area contributed by atoms with Crippen molar-refractivity contribution in [1.82, 2.24) is 10.6 Å². The molecular formula is C18H28N2S. The predicted molar refractivity (Wildman–Crippen MR) is 89.9 cm³/mol. The molecule has 1 aliphatic heterocycles. The van der Waals surface area contributed by atoms with Gasteiger partial charge in [-0.3, -0.25) is 0 Å².